The predicted octanol–water partition coefficient (Wildman–Crippen LogP) is 3.27. The molecule has 2 N–H and O–H groups in total. The molecule has 0 radical (unpaired) electrons. The molecule has 3 rings (SSSR count). The van der Waals surface area contributed by atoms with Gasteiger partial charge in [0, 0.05) is 30.6 Å². The lowest BCUT2D eigenvalue weighted by Crippen LogP contribution is -3.16. The van der Waals surface area contributed by atoms with Gasteiger partial charge < -0.3 is 19.7 Å². The second-order valence-corrected chi connectivity index (χ2v) is 13.6. The van der Waals surface area contributed by atoms with E-state index in [0.717, 1.165) is 10.4 Å². The number of benzene rings is 1. The normalized spacial score (nSPS) is 20.9. The topological polar surface area (TPSA) is 75.8 Å². The largest absolute Gasteiger partial charge is 0.343 e. The van der Waals surface area contributed by atoms with E-state index in [0.29, 0.717) is 12.1 Å². The molecule has 0 saturated heterocycles. The molecule has 0 aliphatic carbocycles. The van der Waals surface area contributed by atoms with Crippen molar-refractivity contribution < 1.29 is 19.3 Å². The number of thiol groups is 1. The Hall–Kier alpha value is -2.58. The number of rotatable bonds is 7. The fourth-order valence-electron chi connectivity index (χ4n) is 6.35. The van der Waals surface area contributed by atoms with Crippen molar-refractivity contribution in [1.82, 2.24) is 14.8 Å². The third-order valence-corrected chi connectivity index (χ3v) is 8.78. The van der Waals surface area contributed by atoms with Crippen molar-refractivity contribution in [3.63, 3.8) is 0 Å². The van der Waals surface area contributed by atoms with Gasteiger partial charge >= 0.3 is 0 Å². The Kier molecular flexibility index (Phi) is 8.83. The first kappa shape index (κ1) is 31.0. The van der Waals surface area contributed by atoms with E-state index < -0.39 is 16.9 Å². The van der Waals surface area contributed by atoms with E-state index in [-0.39, 0.29) is 34.9 Å². The van der Waals surface area contributed by atoms with Crippen LogP contribution >= 0.6 is 12.6 Å². The molecule has 1 unspecified atom stereocenters. The lowest BCUT2D eigenvalue weighted by atomic mass is 9.72. The highest BCUT2D eigenvalue weighted by Crippen LogP contribution is 2.39. The van der Waals surface area contributed by atoms with Crippen LogP contribution in [0.1, 0.15) is 66.6 Å². The second kappa shape index (κ2) is 11.1. The maximum atomic E-state index is 14.2. The van der Waals surface area contributed by atoms with Gasteiger partial charge in [-0.05, 0) is 43.7 Å². The number of nitrogens with zero attached hydrogens (tertiary/aromatic N) is 2. The Labute approximate surface area is 239 Å². The molecule has 1 aliphatic heterocycles. The third kappa shape index (κ3) is 5.82. The van der Waals surface area contributed by atoms with Crippen molar-refractivity contribution in [1.29, 1.82) is 0 Å². The van der Waals surface area contributed by atoms with Gasteiger partial charge in [-0.3, -0.25) is 14.4 Å². The fourth-order valence-corrected chi connectivity index (χ4v) is 6.43. The van der Waals surface area contributed by atoms with Crippen LogP contribution in [-0.2, 0) is 33.4 Å². The first-order valence-electron chi connectivity index (χ1n) is 13.8. The first-order valence-corrected chi connectivity index (χ1v) is 14.2. The van der Waals surface area contributed by atoms with Gasteiger partial charge in [-0.2, -0.15) is 0 Å². The van der Waals surface area contributed by atoms with Crippen molar-refractivity contribution in [2.75, 3.05) is 14.1 Å². The van der Waals surface area contributed by atoms with Gasteiger partial charge in [0.25, 0.3) is 5.91 Å². The second-order valence-electron chi connectivity index (χ2n) is 13.2. The first-order chi connectivity index (χ1) is 17.9. The number of nitrogens with one attached hydrogen (secondary N) is 2. The van der Waals surface area contributed by atoms with Crippen molar-refractivity contribution in [3.8, 4) is 0 Å². The highest BCUT2D eigenvalue weighted by molar-refractivity contribution is 7.97. The molecule has 0 spiro atoms. The molecule has 0 bridgehead atoms. The zero-order chi connectivity index (χ0) is 29.6. The van der Waals surface area contributed by atoms with Crippen LogP contribution in [0.3, 0.4) is 0 Å². The lowest BCUT2D eigenvalue weighted by Gasteiger charge is -2.43. The molecule has 39 heavy (non-hydrogen) atoms. The Morgan fingerprint density at radius 1 is 1.21 bits per heavy atom. The monoisotopic (exact) mass is 555 g/mol. The number of para-hydroxylation sites is 1. The Morgan fingerprint density at radius 3 is 2.33 bits per heavy atom. The Morgan fingerprint density at radius 2 is 1.79 bits per heavy atom. The van der Waals surface area contributed by atoms with Gasteiger partial charge in [0.1, 0.15) is 12.6 Å². The number of hydrogen-bond donors (Lipinski definition) is 3. The number of aromatic nitrogens is 1. The number of quaternary nitrogens is 1. The number of carbonyl (C=O) groups is 3. The van der Waals surface area contributed by atoms with Gasteiger partial charge in [-0.15, -0.1) is 12.6 Å². The lowest BCUT2D eigenvalue weighted by molar-refractivity contribution is -0.917. The van der Waals surface area contributed by atoms with Gasteiger partial charge in [-0.25, -0.2) is 0 Å². The minimum atomic E-state index is -0.742. The summed E-state index contributed by atoms with van der Waals surface area (Å²) in [4.78, 5) is 42.7. The summed E-state index contributed by atoms with van der Waals surface area (Å²) in [6.07, 6.45) is 1.80. The van der Waals surface area contributed by atoms with Crippen LogP contribution < -0.4 is 10.2 Å². The molecule has 2 aromatic rings. The number of carbonyl (C=O) groups excluding carboxylic acids is 3. The third-order valence-electron chi connectivity index (χ3n) is 8.43. The summed E-state index contributed by atoms with van der Waals surface area (Å²) in [5, 5.41) is 4.04. The summed E-state index contributed by atoms with van der Waals surface area (Å²) in [5.74, 6) is -0.242. The Bertz CT molecular complexity index is 1300. The molecule has 1 aromatic carbocycles. The van der Waals surface area contributed by atoms with Crippen LogP contribution in [0.2, 0.25) is 0 Å². The van der Waals surface area contributed by atoms with Crippen LogP contribution in [0.25, 0.3) is 10.9 Å². The van der Waals surface area contributed by atoms with Crippen LogP contribution in [0.4, 0.5) is 0 Å². The van der Waals surface area contributed by atoms with Crippen LogP contribution in [-0.4, -0.2) is 58.6 Å². The molecule has 1 aromatic heterocycles. The molecule has 2 heterocycles. The minimum absolute atomic E-state index is 0.0653. The summed E-state index contributed by atoms with van der Waals surface area (Å²) in [6, 6.07) is 6.92. The Balaban J connectivity index is 1.98. The highest BCUT2D eigenvalue weighted by Gasteiger charge is 2.51. The summed E-state index contributed by atoms with van der Waals surface area (Å²) < 4.78 is 2.25. The van der Waals surface area contributed by atoms with E-state index in [1.165, 1.54) is 16.6 Å². The zero-order valence-electron chi connectivity index (χ0n) is 25.5. The quantitative estimate of drug-likeness (QED) is 0.363. The van der Waals surface area contributed by atoms with Gasteiger partial charge in [-0.1, -0.05) is 58.9 Å². The van der Waals surface area contributed by atoms with Crippen molar-refractivity contribution in [3.05, 3.63) is 47.2 Å². The molecule has 7 nitrogen and oxygen atoms in total. The summed E-state index contributed by atoms with van der Waals surface area (Å²) in [5.41, 5.74) is 3.11. The summed E-state index contributed by atoms with van der Waals surface area (Å²) in [6.45, 7) is 16.6. The number of aryl methyl sites for hydroxylation is 1. The zero-order valence-corrected chi connectivity index (χ0v) is 26.4. The molecule has 214 valence electrons. The smallest absolute Gasteiger partial charge is 0.279 e. The van der Waals surface area contributed by atoms with Crippen LogP contribution in [0.15, 0.2) is 35.9 Å². The summed E-state index contributed by atoms with van der Waals surface area (Å²) in [7, 11) is 5.90. The number of hydrogen-bond acceptors (Lipinski definition) is 3. The van der Waals surface area contributed by atoms with E-state index in [1.54, 1.807) is 24.9 Å². The minimum Gasteiger partial charge on any atom is -0.343 e. The molecule has 0 saturated carbocycles. The maximum Gasteiger partial charge on any atom is 0.279 e. The van der Waals surface area contributed by atoms with Crippen molar-refractivity contribution >= 4 is 40.5 Å². The molecule has 4 atom stereocenters. The number of amides is 2. The SMILES string of the molecule is C/C(=C\[C@H](C(C)C)N(C)C(=O)[C@@H](NC(=O)[C@H]1[NH+](C)Cc2c(c3ccccc3n2C)C1(C)C)C(C)(C)C)C(=O)S. The fraction of sp³-hybridized carbons (Fsp3) is 0.581. The number of likely N-dealkylation sites (N-methyl/N-ethyl adjacent to an activating group) is 2. The molecule has 1 aliphatic rings. The molecular formula is C31H47N4O3S+. The molecular weight excluding hydrogens is 508 g/mol. The van der Waals surface area contributed by atoms with Gasteiger partial charge in [0.15, 0.2) is 6.04 Å². The average Bonchev–Trinajstić information content (AvgIpc) is 3.11. The molecule has 0 fully saturated rings. The van der Waals surface area contributed by atoms with Gasteiger partial charge in [0.05, 0.1) is 24.2 Å². The van der Waals surface area contributed by atoms with Crippen LogP contribution in [0.5, 0.6) is 0 Å². The average molecular weight is 556 g/mol. The van der Waals surface area contributed by atoms with Crippen molar-refractivity contribution in [2.24, 2.45) is 18.4 Å². The van der Waals surface area contributed by atoms with E-state index >= 15 is 0 Å². The van der Waals surface area contributed by atoms with Gasteiger partial charge in [0.2, 0.25) is 11.0 Å². The number of fused-ring (bicyclic) bond motifs is 3. The molecule has 8 heteroatoms. The summed E-state index contributed by atoms with van der Waals surface area (Å²) >= 11 is 3.94. The van der Waals surface area contributed by atoms with E-state index in [1.807, 2.05) is 46.8 Å². The van der Waals surface area contributed by atoms with E-state index in [2.05, 4.69) is 62.6 Å². The van der Waals surface area contributed by atoms with E-state index in [4.69, 9.17) is 0 Å². The highest BCUT2D eigenvalue weighted by atomic mass is 32.1. The van der Waals surface area contributed by atoms with Crippen molar-refractivity contribution in [2.45, 2.75) is 85.5 Å². The standard InChI is InChI=1S/C31H46N4O3S/c1-18(2)22(16-19(3)29(38)39)35(11)28(37)25(30(4,5)6)32-27(36)26-31(7,8)24-20-14-12-13-15-21(20)34(10)23(24)17-33(26)9/h12-16,18,22,25-26H,17H2,1-11H3,(H,32,36)(H,38,39)/p+1/b19-16+/t22-,25-,26-/m1/s1. The molecule has 2 amide bonds. The maximum absolute atomic E-state index is 14.2. The van der Waals surface area contributed by atoms with E-state index in [9.17, 15) is 14.4 Å². The predicted molar refractivity (Wildman–Crippen MR) is 161 cm³/mol. The van der Waals surface area contributed by atoms with Crippen LogP contribution in [0, 0.1) is 11.3 Å².